The molecule has 1 aliphatic heterocycles. The van der Waals surface area contributed by atoms with Crippen LogP contribution in [0.4, 0.5) is 0 Å². The summed E-state index contributed by atoms with van der Waals surface area (Å²) < 4.78 is 21.5. The molecule has 1 heterocycles. The van der Waals surface area contributed by atoms with Crippen LogP contribution >= 0.6 is 0 Å². The van der Waals surface area contributed by atoms with E-state index < -0.39 is 0 Å². The van der Waals surface area contributed by atoms with Gasteiger partial charge in [0.05, 0.1) is 0 Å². The molecule has 1 fully saturated rings. The number of rotatable bonds is 13. The quantitative estimate of drug-likeness (QED) is 0.294. The Hall–Kier alpha value is -0.600. The molecule has 4 nitrogen and oxygen atoms in total. The van der Waals surface area contributed by atoms with Crippen LogP contribution in [-0.2, 0) is 18.9 Å². The van der Waals surface area contributed by atoms with Gasteiger partial charge in [-0.2, -0.15) is 0 Å². The van der Waals surface area contributed by atoms with Crippen LogP contribution < -0.4 is 0 Å². The number of unbranched alkanes of at least 4 members (excludes halogenated alkanes) is 5. The number of ether oxygens (including phenoxy) is 4. The maximum absolute atomic E-state index is 5.72. The Morgan fingerprint density at radius 1 is 1.14 bits per heavy atom. The zero-order valence-corrected chi connectivity index (χ0v) is 14.1. The van der Waals surface area contributed by atoms with Crippen molar-refractivity contribution in [2.24, 2.45) is 0 Å². The lowest BCUT2D eigenvalue weighted by Crippen LogP contribution is -2.22. The predicted octanol–water partition coefficient (Wildman–Crippen LogP) is 3.88. The molecule has 1 aliphatic rings. The van der Waals surface area contributed by atoms with E-state index in [0.29, 0.717) is 0 Å². The molecule has 0 aromatic rings. The highest BCUT2D eigenvalue weighted by Crippen LogP contribution is 2.15. The summed E-state index contributed by atoms with van der Waals surface area (Å²) in [6.45, 7) is 1.96. The van der Waals surface area contributed by atoms with Crippen LogP contribution in [0.3, 0.4) is 0 Å². The van der Waals surface area contributed by atoms with Crippen molar-refractivity contribution in [1.82, 2.24) is 0 Å². The van der Waals surface area contributed by atoms with Crippen molar-refractivity contribution in [3.63, 3.8) is 0 Å². The standard InChI is InChI=1S/C18H32O4/c1-3-17(22-16-19-2)12-8-6-4-5-7-10-14-20-18-13-9-11-15-21-18/h1,17-18H,4-16H2,2H3/t17-,18?/m1/s1. The van der Waals surface area contributed by atoms with Crippen LogP contribution in [-0.4, -0.2) is 39.5 Å². The van der Waals surface area contributed by atoms with Crippen LogP contribution in [0.2, 0.25) is 0 Å². The van der Waals surface area contributed by atoms with E-state index in [4.69, 9.17) is 25.4 Å². The van der Waals surface area contributed by atoms with E-state index in [2.05, 4.69) is 5.92 Å². The third kappa shape index (κ3) is 10.2. The van der Waals surface area contributed by atoms with E-state index in [1.807, 2.05) is 0 Å². The predicted molar refractivity (Wildman–Crippen MR) is 87.4 cm³/mol. The second-order valence-corrected chi connectivity index (χ2v) is 5.81. The molecule has 0 aromatic carbocycles. The summed E-state index contributed by atoms with van der Waals surface area (Å²) in [5.41, 5.74) is 0. The first-order valence-electron chi connectivity index (χ1n) is 8.66. The maximum atomic E-state index is 5.72. The monoisotopic (exact) mass is 312 g/mol. The number of terminal acetylenes is 1. The van der Waals surface area contributed by atoms with Gasteiger partial charge in [0.1, 0.15) is 12.9 Å². The molecule has 1 unspecified atom stereocenters. The van der Waals surface area contributed by atoms with Gasteiger partial charge in [0.15, 0.2) is 6.29 Å². The fraction of sp³-hybridized carbons (Fsp3) is 0.889. The molecule has 2 atom stereocenters. The minimum atomic E-state index is -0.108. The molecule has 0 N–H and O–H groups in total. The lowest BCUT2D eigenvalue weighted by molar-refractivity contribution is -0.162. The Labute approximate surface area is 135 Å². The molecule has 1 rings (SSSR count). The van der Waals surface area contributed by atoms with Gasteiger partial charge in [-0.3, -0.25) is 0 Å². The van der Waals surface area contributed by atoms with Crippen molar-refractivity contribution in [3.8, 4) is 12.3 Å². The van der Waals surface area contributed by atoms with Crippen molar-refractivity contribution in [3.05, 3.63) is 0 Å². The van der Waals surface area contributed by atoms with E-state index in [1.54, 1.807) is 7.11 Å². The van der Waals surface area contributed by atoms with Crippen LogP contribution in [0.1, 0.15) is 64.2 Å². The van der Waals surface area contributed by atoms with Gasteiger partial charge >= 0.3 is 0 Å². The van der Waals surface area contributed by atoms with Gasteiger partial charge in [-0.05, 0) is 38.5 Å². The van der Waals surface area contributed by atoms with Gasteiger partial charge < -0.3 is 18.9 Å². The Balaban J connectivity index is 1.82. The van der Waals surface area contributed by atoms with Crippen molar-refractivity contribution in [1.29, 1.82) is 0 Å². The largest absolute Gasteiger partial charge is 0.359 e. The molecule has 4 heteroatoms. The second-order valence-electron chi connectivity index (χ2n) is 5.81. The van der Waals surface area contributed by atoms with Crippen LogP contribution in [0.25, 0.3) is 0 Å². The van der Waals surface area contributed by atoms with Gasteiger partial charge in [0.25, 0.3) is 0 Å². The normalized spacial score (nSPS) is 19.7. The molecule has 0 aliphatic carbocycles. The summed E-state index contributed by atoms with van der Waals surface area (Å²) in [6.07, 6.45) is 16.9. The minimum Gasteiger partial charge on any atom is -0.359 e. The smallest absolute Gasteiger partial charge is 0.157 e. The van der Waals surface area contributed by atoms with Gasteiger partial charge in [0.2, 0.25) is 0 Å². The Bertz CT molecular complexity index is 281. The average molecular weight is 312 g/mol. The molecule has 0 radical (unpaired) electrons. The van der Waals surface area contributed by atoms with Gasteiger partial charge in [-0.25, -0.2) is 0 Å². The van der Waals surface area contributed by atoms with Crippen molar-refractivity contribution < 1.29 is 18.9 Å². The van der Waals surface area contributed by atoms with Gasteiger partial charge in [-0.1, -0.05) is 31.6 Å². The lowest BCUT2D eigenvalue weighted by Gasteiger charge is -2.22. The minimum absolute atomic E-state index is 0.0570. The zero-order chi connectivity index (χ0) is 15.9. The third-order valence-corrected chi connectivity index (χ3v) is 3.88. The molecule has 0 bridgehead atoms. The van der Waals surface area contributed by atoms with Crippen molar-refractivity contribution >= 4 is 0 Å². The molecule has 0 saturated carbocycles. The van der Waals surface area contributed by atoms with Crippen molar-refractivity contribution in [2.45, 2.75) is 76.6 Å². The lowest BCUT2D eigenvalue weighted by atomic mass is 10.1. The molecule has 0 aromatic heterocycles. The highest BCUT2D eigenvalue weighted by molar-refractivity contribution is 4.94. The molecule has 0 amide bonds. The van der Waals surface area contributed by atoms with E-state index in [0.717, 1.165) is 38.9 Å². The highest BCUT2D eigenvalue weighted by Gasteiger charge is 2.13. The Kier molecular flexibility index (Phi) is 12.4. The van der Waals surface area contributed by atoms with E-state index >= 15 is 0 Å². The summed E-state index contributed by atoms with van der Waals surface area (Å²) in [7, 11) is 1.61. The van der Waals surface area contributed by atoms with Crippen LogP contribution in [0.15, 0.2) is 0 Å². The maximum Gasteiger partial charge on any atom is 0.157 e. The number of hydrogen-bond donors (Lipinski definition) is 0. The molecular formula is C18H32O4. The highest BCUT2D eigenvalue weighted by atomic mass is 16.7. The molecule has 22 heavy (non-hydrogen) atoms. The fourth-order valence-electron chi connectivity index (χ4n) is 2.56. The summed E-state index contributed by atoms with van der Waals surface area (Å²) in [5, 5.41) is 0. The van der Waals surface area contributed by atoms with E-state index in [1.165, 1.54) is 38.5 Å². The SMILES string of the molecule is C#C[C@H](CCCCCCCCOC1CCCCO1)OCOC. The summed E-state index contributed by atoms with van der Waals surface area (Å²) in [5.74, 6) is 2.66. The second kappa shape index (κ2) is 14.0. The van der Waals surface area contributed by atoms with E-state index in [-0.39, 0.29) is 19.2 Å². The van der Waals surface area contributed by atoms with Gasteiger partial charge in [0, 0.05) is 20.3 Å². The zero-order valence-electron chi connectivity index (χ0n) is 14.1. The average Bonchev–Trinajstić information content (AvgIpc) is 2.57. The van der Waals surface area contributed by atoms with E-state index in [9.17, 15) is 0 Å². The molecular weight excluding hydrogens is 280 g/mol. The number of hydrogen-bond acceptors (Lipinski definition) is 4. The molecule has 0 spiro atoms. The summed E-state index contributed by atoms with van der Waals surface area (Å²) >= 11 is 0. The van der Waals surface area contributed by atoms with Gasteiger partial charge in [-0.15, -0.1) is 6.42 Å². The van der Waals surface area contributed by atoms with Crippen LogP contribution in [0.5, 0.6) is 0 Å². The Morgan fingerprint density at radius 3 is 2.59 bits per heavy atom. The first-order chi connectivity index (χ1) is 10.9. The molecule has 128 valence electrons. The first-order valence-corrected chi connectivity index (χ1v) is 8.66. The first kappa shape index (κ1) is 19.4. The summed E-state index contributed by atoms with van der Waals surface area (Å²) in [4.78, 5) is 0. The molecule has 1 saturated heterocycles. The Morgan fingerprint density at radius 2 is 1.91 bits per heavy atom. The van der Waals surface area contributed by atoms with Crippen LogP contribution in [0, 0.1) is 12.3 Å². The fourth-order valence-corrected chi connectivity index (χ4v) is 2.56. The summed E-state index contributed by atoms with van der Waals surface area (Å²) in [6, 6.07) is 0. The topological polar surface area (TPSA) is 36.9 Å². The van der Waals surface area contributed by atoms with Crippen molar-refractivity contribution in [2.75, 3.05) is 27.1 Å². The third-order valence-electron chi connectivity index (χ3n) is 3.88. The number of methoxy groups -OCH3 is 1.